The highest BCUT2D eigenvalue weighted by Crippen LogP contribution is 2.19. The first-order valence-electron chi connectivity index (χ1n) is 8.59. The predicted octanol–water partition coefficient (Wildman–Crippen LogP) is 2.71. The van der Waals surface area contributed by atoms with Crippen molar-refractivity contribution in [3.05, 3.63) is 93.9 Å². The lowest BCUT2D eigenvalue weighted by molar-refractivity contribution is 0.0984. The van der Waals surface area contributed by atoms with Crippen LogP contribution in [0.1, 0.15) is 21.9 Å². The van der Waals surface area contributed by atoms with Gasteiger partial charge >= 0.3 is 0 Å². The number of aromatic amines is 1. The molecule has 140 valence electrons. The number of fused-ring (bicyclic) bond motifs is 1. The number of carbonyl (C=O) groups is 1. The highest BCUT2D eigenvalue weighted by molar-refractivity contribution is 6.05. The lowest BCUT2D eigenvalue weighted by Gasteiger charge is -2.21. The van der Waals surface area contributed by atoms with E-state index in [-0.39, 0.29) is 23.8 Å². The Labute approximate surface area is 159 Å². The predicted molar refractivity (Wildman–Crippen MR) is 102 cm³/mol. The Bertz CT molecular complexity index is 1200. The number of hydrogen-bond acceptors (Lipinski definition) is 4. The molecule has 7 nitrogen and oxygen atoms in total. The highest BCUT2D eigenvalue weighted by Gasteiger charge is 2.20. The number of aromatic nitrogens is 4. The van der Waals surface area contributed by atoms with Crippen LogP contribution in [0.3, 0.4) is 0 Å². The second-order valence-corrected chi connectivity index (χ2v) is 6.28. The maximum Gasteiger partial charge on any atom is 0.274 e. The molecule has 1 amide bonds. The normalized spacial score (nSPS) is 10.9. The first-order valence-corrected chi connectivity index (χ1v) is 8.59. The Balaban J connectivity index is 1.74. The third-order valence-corrected chi connectivity index (χ3v) is 4.22. The van der Waals surface area contributed by atoms with Gasteiger partial charge in [-0.05, 0) is 43.3 Å². The number of H-pyrrole nitrogens is 1. The minimum absolute atomic E-state index is 0.0854. The van der Waals surface area contributed by atoms with Gasteiger partial charge in [0.2, 0.25) is 0 Å². The minimum Gasteiger partial charge on any atom is -0.301 e. The molecule has 2 aromatic heterocycles. The molecule has 0 atom stereocenters. The van der Waals surface area contributed by atoms with Gasteiger partial charge in [0.1, 0.15) is 11.6 Å². The van der Waals surface area contributed by atoms with Gasteiger partial charge in [0.25, 0.3) is 17.2 Å². The SMILES string of the molecule is Cc1cc(=O)n2[nH]c(CN(C(=O)c3ccc(F)cc3)c3ccccc3)nc2n1. The molecule has 2 aromatic carbocycles. The molecule has 0 aliphatic carbocycles. The summed E-state index contributed by atoms with van der Waals surface area (Å²) in [6.45, 7) is 1.80. The van der Waals surface area contributed by atoms with Crippen LogP contribution in [-0.2, 0) is 6.54 Å². The number of nitrogens with zero attached hydrogens (tertiary/aromatic N) is 4. The maximum atomic E-state index is 13.2. The van der Waals surface area contributed by atoms with E-state index in [0.29, 0.717) is 22.8 Å². The van der Waals surface area contributed by atoms with Crippen LogP contribution < -0.4 is 10.5 Å². The second-order valence-electron chi connectivity index (χ2n) is 6.28. The molecule has 1 N–H and O–H groups in total. The first kappa shape index (κ1) is 17.6. The van der Waals surface area contributed by atoms with Crippen molar-refractivity contribution in [1.29, 1.82) is 0 Å². The van der Waals surface area contributed by atoms with Crippen LogP contribution in [0.5, 0.6) is 0 Å². The van der Waals surface area contributed by atoms with Crippen LogP contribution in [0.4, 0.5) is 10.1 Å². The molecule has 8 heteroatoms. The van der Waals surface area contributed by atoms with Gasteiger partial charge in [-0.25, -0.2) is 9.37 Å². The molecule has 0 fully saturated rings. The molecule has 0 unspecified atom stereocenters. The van der Waals surface area contributed by atoms with Crippen LogP contribution in [0.25, 0.3) is 5.78 Å². The standard InChI is InChI=1S/C20H16FN5O2/c1-13-11-18(27)26-20(22-13)23-17(24-26)12-25(16-5-3-2-4-6-16)19(28)14-7-9-15(21)10-8-14/h2-11H,12H2,1H3,(H,22,23,24). The second kappa shape index (κ2) is 7.07. The number of nitrogens with one attached hydrogen (secondary N) is 1. The highest BCUT2D eigenvalue weighted by atomic mass is 19.1. The molecule has 0 saturated carbocycles. The molecule has 4 aromatic rings. The molecule has 0 spiro atoms. The molecule has 0 aliphatic heterocycles. The molecule has 0 radical (unpaired) electrons. The van der Waals surface area contributed by atoms with E-state index in [1.54, 1.807) is 19.1 Å². The zero-order valence-electron chi connectivity index (χ0n) is 15.0. The van der Waals surface area contributed by atoms with Crippen molar-refractivity contribution in [2.24, 2.45) is 0 Å². The Morgan fingerprint density at radius 2 is 1.82 bits per heavy atom. The van der Waals surface area contributed by atoms with Crippen molar-refractivity contribution < 1.29 is 9.18 Å². The number of para-hydroxylation sites is 1. The Hall–Kier alpha value is -3.81. The number of hydrogen-bond donors (Lipinski definition) is 1. The first-order chi connectivity index (χ1) is 13.5. The van der Waals surface area contributed by atoms with Gasteiger partial charge in [-0.1, -0.05) is 18.2 Å². The van der Waals surface area contributed by atoms with Crippen LogP contribution in [0, 0.1) is 12.7 Å². The third-order valence-electron chi connectivity index (χ3n) is 4.22. The molecule has 28 heavy (non-hydrogen) atoms. The van der Waals surface area contributed by atoms with Crippen LogP contribution in [0.2, 0.25) is 0 Å². The number of amides is 1. The van der Waals surface area contributed by atoms with E-state index in [4.69, 9.17) is 0 Å². The molecule has 4 rings (SSSR count). The third kappa shape index (κ3) is 3.39. The lowest BCUT2D eigenvalue weighted by atomic mass is 10.1. The summed E-state index contributed by atoms with van der Waals surface area (Å²) in [5.74, 6) is -0.0965. The average molecular weight is 377 g/mol. The monoisotopic (exact) mass is 377 g/mol. The Morgan fingerprint density at radius 1 is 1.11 bits per heavy atom. The van der Waals surface area contributed by atoms with Gasteiger partial charge in [0.15, 0.2) is 0 Å². The summed E-state index contributed by atoms with van der Waals surface area (Å²) in [5.41, 5.74) is 1.27. The Morgan fingerprint density at radius 3 is 2.54 bits per heavy atom. The van der Waals surface area contributed by atoms with Gasteiger partial charge in [-0.15, -0.1) is 0 Å². The van der Waals surface area contributed by atoms with Crippen molar-refractivity contribution in [1.82, 2.24) is 19.6 Å². The van der Waals surface area contributed by atoms with E-state index in [0.717, 1.165) is 0 Å². The van der Waals surface area contributed by atoms with Crippen molar-refractivity contribution >= 4 is 17.4 Å². The van der Waals surface area contributed by atoms with Gasteiger partial charge in [0.05, 0.1) is 6.54 Å². The molecule has 0 bridgehead atoms. The lowest BCUT2D eigenvalue weighted by Crippen LogP contribution is -2.31. The van der Waals surface area contributed by atoms with Crippen LogP contribution in [-0.4, -0.2) is 25.5 Å². The number of halogens is 1. The number of carbonyl (C=O) groups excluding carboxylic acids is 1. The number of aryl methyl sites for hydroxylation is 1. The van der Waals surface area contributed by atoms with E-state index in [9.17, 15) is 14.0 Å². The molecular formula is C20H16FN5O2. The fraction of sp³-hybridized carbons (Fsp3) is 0.100. The van der Waals surface area contributed by atoms with Crippen molar-refractivity contribution in [3.8, 4) is 0 Å². The zero-order valence-corrected chi connectivity index (χ0v) is 15.0. The summed E-state index contributed by atoms with van der Waals surface area (Å²) in [5, 5.41) is 2.88. The van der Waals surface area contributed by atoms with Gasteiger partial charge in [-0.2, -0.15) is 9.50 Å². The van der Waals surface area contributed by atoms with Crippen LogP contribution in [0.15, 0.2) is 65.5 Å². The summed E-state index contributed by atoms with van der Waals surface area (Å²) in [4.78, 5) is 35.2. The summed E-state index contributed by atoms with van der Waals surface area (Å²) in [6, 6.07) is 15.8. The molecule has 0 saturated heterocycles. The fourth-order valence-electron chi connectivity index (χ4n) is 2.89. The Kier molecular flexibility index (Phi) is 4.44. The van der Waals surface area contributed by atoms with Crippen LogP contribution >= 0.6 is 0 Å². The molecular weight excluding hydrogens is 361 g/mol. The largest absolute Gasteiger partial charge is 0.301 e. The summed E-state index contributed by atoms with van der Waals surface area (Å²) < 4.78 is 14.5. The van der Waals surface area contributed by atoms with Gasteiger partial charge in [-0.3, -0.25) is 14.7 Å². The summed E-state index contributed by atoms with van der Waals surface area (Å²) >= 11 is 0. The van der Waals surface area contributed by atoms with Crippen molar-refractivity contribution in [2.45, 2.75) is 13.5 Å². The summed E-state index contributed by atoms with van der Waals surface area (Å²) in [6.07, 6.45) is 0. The zero-order chi connectivity index (χ0) is 19.7. The minimum atomic E-state index is -0.416. The number of benzene rings is 2. The smallest absolute Gasteiger partial charge is 0.274 e. The van der Waals surface area contributed by atoms with E-state index in [1.807, 2.05) is 18.2 Å². The van der Waals surface area contributed by atoms with Gasteiger partial charge in [0, 0.05) is 23.0 Å². The summed E-state index contributed by atoms with van der Waals surface area (Å²) in [7, 11) is 0. The molecule has 0 aliphatic rings. The quantitative estimate of drug-likeness (QED) is 0.593. The molecule has 2 heterocycles. The fourth-order valence-corrected chi connectivity index (χ4v) is 2.89. The maximum absolute atomic E-state index is 13.2. The van der Waals surface area contributed by atoms with E-state index >= 15 is 0 Å². The average Bonchev–Trinajstić information content (AvgIpc) is 3.10. The van der Waals surface area contributed by atoms with Crippen molar-refractivity contribution in [2.75, 3.05) is 4.90 Å². The van der Waals surface area contributed by atoms with E-state index < -0.39 is 5.82 Å². The number of rotatable bonds is 4. The van der Waals surface area contributed by atoms with E-state index in [2.05, 4.69) is 15.1 Å². The number of anilines is 1. The van der Waals surface area contributed by atoms with Crippen molar-refractivity contribution in [3.63, 3.8) is 0 Å². The van der Waals surface area contributed by atoms with E-state index in [1.165, 1.54) is 39.7 Å². The topological polar surface area (TPSA) is 83.4 Å². The van der Waals surface area contributed by atoms with Gasteiger partial charge < -0.3 is 4.90 Å².